The van der Waals surface area contributed by atoms with Gasteiger partial charge in [-0.25, -0.2) is 4.39 Å². The average molecular weight is 357 g/mol. The van der Waals surface area contributed by atoms with Crippen molar-refractivity contribution < 1.29 is 14.0 Å². The Morgan fingerprint density at radius 3 is 2.27 bits per heavy atom. The minimum absolute atomic E-state index is 0.248. The van der Waals surface area contributed by atoms with E-state index >= 15 is 0 Å². The second-order valence-electron chi connectivity index (χ2n) is 6.51. The molecule has 0 heterocycles. The quantitative estimate of drug-likeness (QED) is 0.711. The molecule has 2 amide bonds. The van der Waals surface area contributed by atoms with Crippen molar-refractivity contribution in [3.8, 4) is 0 Å². The predicted octanol–water partition coefficient (Wildman–Crippen LogP) is 3.21. The van der Waals surface area contributed by atoms with E-state index in [0.29, 0.717) is 24.2 Å². The SMILES string of the molecule is CCCC(C)(N)C(=O)Nc1ccc(C(=O)NCc2ccc(F)cc2)cc1. The molecule has 26 heavy (non-hydrogen) atoms. The zero-order chi connectivity index (χ0) is 19.2. The van der Waals surface area contributed by atoms with Crippen LogP contribution in [0.15, 0.2) is 48.5 Å². The normalized spacial score (nSPS) is 12.9. The summed E-state index contributed by atoms with van der Waals surface area (Å²) in [6, 6.07) is 12.5. The summed E-state index contributed by atoms with van der Waals surface area (Å²) in [5.41, 5.74) is 6.93. The van der Waals surface area contributed by atoms with Gasteiger partial charge < -0.3 is 16.4 Å². The van der Waals surface area contributed by atoms with Crippen LogP contribution in [0.3, 0.4) is 0 Å². The molecule has 0 fully saturated rings. The molecule has 0 aromatic heterocycles. The molecular formula is C20H24FN3O2. The molecule has 0 spiro atoms. The van der Waals surface area contributed by atoms with E-state index in [-0.39, 0.29) is 17.6 Å². The summed E-state index contributed by atoms with van der Waals surface area (Å²) in [7, 11) is 0. The van der Waals surface area contributed by atoms with Crippen LogP contribution >= 0.6 is 0 Å². The maximum absolute atomic E-state index is 12.9. The largest absolute Gasteiger partial charge is 0.348 e. The number of carbonyl (C=O) groups excluding carboxylic acids is 2. The van der Waals surface area contributed by atoms with E-state index in [9.17, 15) is 14.0 Å². The molecule has 2 aromatic rings. The van der Waals surface area contributed by atoms with Crippen LogP contribution in [0.1, 0.15) is 42.6 Å². The van der Waals surface area contributed by atoms with E-state index in [1.807, 2.05) is 6.92 Å². The molecule has 0 saturated heterocycles. The molecule has 0 saturated carbocycles. The van der Waals surface area contributed by atoms with Crippen LogP contribution in [0, 0.1) is 5.82 Å². The Hall–Kier alpha value is -2.73. The Kier molecular flexibility index (Phi) is 6.46. The van der Waals surface area contributed by atoms with Gasteiger partial charge in [0, 0.05) is 17.8 Å². The number of amides is 2. The maximum Gasteiger partial charge on any atom is 0.251 e. The fourth-order valence-corrected chi connectivity index (χ4v) is 2.50. The van der Waals surface area contributed by atoms with Gasteiger partial charge in [0.25, 0.3) is 5.91 Å². The van der Waals surface area contributed by atoms with Crippen molar-refractivity contribution in [3.63, 3.8) is 0 Å². The lowest BCUT2D eigenvalue weighted by molar-refractivity contribution is -0.120. The summed E-state index contributed by atoms with van der Waals surface area (Å²) in [6.45, 7) is 3.97. The third-order valence-corrected chi connectivity index (χ3v) is 4.06. The van der Waals surface area contributed by atoms with Crippen LogP contribution in [-0.2, 0) is 11.3 Å². The van der Waals surface area contributed by atoms with Crippen LogP contribution in [0.4, 0.5) is 10.1 Å². The van der Waals surface area contributed by atoms with Crippen LogP contribution in [0.5, 0.6) is 0 Å². The summed E-state index contributed by atoms with van der Waals surface area (Å²) in [5.74, 6) is -0.820. The Morgan fingerprint density at radius 2 is 1.69 bits per heavy atom. The Morgan fingerprint density at radius 1 is 1.08 bits per heavy atom. The molecule has 4 N–H and O–H groups in total. The number of benzene rings is 2. The molecule has 1 atom stereocenters. The van der Waals surface area contributed by atoms with Crippen molar-refractivity contribution in [2.75, 3.05) is 5.32 Å². The van der Waals surface area contributed by atoms with Gasteiger partial charge in [-0.1, -0.05) is 25.5 Å². The van der Waals surface area contributed by atoms with Gasteiger partial charge in [-0.05, 0) is 55.3 Å². The second-order valence-corrected chi connectivity index (χ2v) is 6.51. The highest BCUT2D eigenvalue weighted by Crippen LogP contribution is 2.15. The topological polar surface area (TPSA) is 84.2 Å². The fourth-order valence-electron chi connectivity index (χ4n) is 2.50. The number of nitrogens with two attached hydrogens (primary N) is 1. The number of hydrogen-bond acceptors (Lipinski definition) is 3. The van der Waals surface area contributed by atoms with Gasteiger partial charge in [-0.3, -0.25) is 9.59 Å². The molecule has 2 rings (SSSR count). The molecular weight excluding hydrogens is 333 g/mol. The van der Waals surface area contributed by atoms with Crippen LogP contribution in [-0.4, -0.2) is 17.4 Å². The highest BCUT2D eigenvalue weighted by molar-refractivity contribution is 5.98. The zero-order valence-electron chi connectivity index (χ0n) is 15.0. The van der Waals surface area contributed by atoms with Gasteiger partial charge in [0.1, 0.15) is 5.82 Å². The van der Waals surface area contributed by atoms with Crippen molar-refractivity contribution in [1.82, 2.24) is 5.32 Å². The summed E-state index contributed by atoms with van der Waals surface area (Å²) in [4.78, 5) is 24.4. The van der Waals surface area contributed by atoms with Gasteiger partial charge in [0.05, 0.1) is 5.54 Å². The fraction of sp³-hybridized carbons (Fsp3) is 0.300. The molecule has 0 aliphatic rings. The van der Waals surface area contributed by atoms with Crippen molar-refractivity contribution in [2.24, 2.45) is 5.73 Å². The van der Waals surface area contributed by atoms with E-state index in [1.54, 1.807) is 43.3 Å². The number of halogens is 1. The highest BCUT2D eigenvalue weighted by Gasteiger charge is 2.27. The van der Waals surface area contributed by atoms with E-state index in [1.165, 1.54) is 12.1 Å². The Bertz CT molecular complexity index is 756. The van der Waals surface area contributed by atoms with Crippen LogP contribution in [0.25, 0.3) is 0 Å². The standard InChI is InChI=1S/C20H24FN3O2/c1-3-12-20(2,22)19(26)24-17-10-6-15(7-11-17)18(25)23-13-14-4-8-16(21)9-5-14/h4-11H,3,12-13,22H2,1-2H3,(H,23,25)(H,24,26). The summed E-state index contributed by atoms with van der Waals surface area (Å²) in [5, 5.41) is 5.53. The molecule has 0 bridgehead atoms. The number of rotatable bonds is 7. The first-order valence-corrected chi connectivity index (χ1v) is 8.55. The van der Waals surface area contributed by atoms with Crippen LogP contribution < -0.4 is 16.4 Å². The van der Waals surface area contributed by atoms with Crippen molar-refractivity contribution in [2.45, 2.75) is 38.8 Å². The lowest BCUT2D eigenvalue weighted by atomic mass is 9.96. The second kappa shape index (κ2) is 8.58. The first-order chi connectivity index (χ1) is 12.3. The number of anilines is 1. The van der Waals surface area contributed by atoms with Gasteiger partial charge >= 0.3 is 0 Å². The first-order valence-electron chi connectivity index (χ1n) is 8.55. The molecule has 2 aromatic carbocycles. The summed E-state index contributed by atoms with van der Waals surface area (Å²) < 4.78 is 12.9. The van der Waals surface area contributed by atoms with E-state index in [2.05, 4.69) is 10.6 Å². The van der Waals surface area contributed by atoms with Crippen molar-refractivity contribution in [3.05, 3.63) is 65.5 Å². The third kappa shape index (κ3) is 5.39. The van der Waals surface area contributed by atoms with Gasteiger partial charge in [-0.2, -0.15) is 0 Å². The number of nitrogens with one attached hydrogen (secondary N) is 2. The maximum atomic E-state index is 12.9. The third-order valence-electron chi connectivity index (χ3n) is 4.06. The summed E-state index contributed by atoms with van der Waals surface area (Å²) >= 11 is 0. The molecule has 0 radical (unpaired) electrons. The lowest BCUT2D eigenvalue weighted by Crippen LogP contribution is -2.48. The molecule has 6 heteroatoms. The zero-order valence-corrected chi connectivity index (χ0v) is 15.0. The molecule has 5 nitrogen and oxygen atoms in total. The summed E-state index contributed by atoms with van der Waals surface area (Å²) in [6.07, 6.45) is 1.40. The number of hydrogen-bond donors (Lipinski definition) is 3. The first kappa shape index (κ1) is 19.6. The Balaban J connectivity index is 1.92. The van der Waals surface area contributed by atoms with Crippen LogP contribution in [0.2, 0.25) is 0 Å². The van der Waals surface area contributed by atoms with E-state index in [4.69, 9.17) is 5.73 Å². The highest BCUT2D eigenvalue weighted by atomic mass is 19.1. The smallest absolute Gasteiger partial charge is 0.251 e. The molecule has 0 aliphatic carbocycles. The molecule has 0 aliphatic heterocycles. The lowest BCUT2D eigenvalue weighted by Gasteiger charge is -2.22. The molecule has 138 valence electrons. The van der Waals surface area contributed by atoms with Crippen molar-refractivity contribution >= 4 is 17.5 Å². The van der Waals surface area contributed by atoms with E-state index < -0.39 is 5.54 Å². The minimum atomic E-state index is -0.931. The number of carbonyl (C=O) groups is 2. The van der Waals surface area contributed by atoms with Gasteiger partial charge in [0.2, 0.25) is 5.91 Å². The molecule has 1 unspecified atom stereocenters. The van der Waals surface area contributed by atoms with Gasteiger partial charge in [-0.15, -0.1) is 0 Å². The monoisotopic (exact) mass is 357 g/mol. The predicted molar refractivity (Wildman–Crippen MR) is 100 cm³/mol. The van der Waals surface area contributed by atoms with Gasteiger partial charge in [0.15, 0.2) is 0 Å². The van der Waals surface area contributed by atoms with Crippen molar-refractivity contribution in [1.29, 1.82) is 0 Å². The minimum Gasteiger partial charge on any atom is -0.348 e. The van der Waals surface area contributed by atoms with E-state index in [0.717, 1.165) is 12.0 Å². The average Bonchev–Trinajstić information content (AvgIpc) is 2.61. The Labute approximate surface area is 152 Å².